The molecule has 162 valence electrons. The van der Waals surface area contributed by atoms with Crippen molar-refractivity contribution in [3.63, 3.8) is 0 Å². The van der Waals surface area contributed by atoms with Gasteiger partial charge >= 0.3 is 0 Å². The highest BCUT2D eigenvalue weighted by Crippen LogP contribution is 2.31. The minimum Gasteiger partial charge on any atom is -0.457 e. The number of fused-ring (bicyclic) bond motifs is 1. The first-order valence-corrected chi connectivity index (χ1v) is 10.2. The lowest BCUT2D eigenvalue weighted by atomic mass is 10.1. The summed E-state index contributed by atoms with van der Waals surface area (Å²) in [4.78, 5) is 26.5. The molecule has 5 aromatic rings. The van der Waals surface area contributed by atoms with Crippen LogP contribution in [0.4, 0.5) is 5.69 Å². The molecule has 2 heterocycles. The number of ether oxygens (including phenoxy) is 1. The molecule has 0 aliphatic heterocycles. The molecule has 0 atom stereocenters. The summed E-state index contributed by atoms with van der Waals surface area (Å²) in [7, 11) is 0. The van der Waals surface area contributed by atoms with E-state index in [1.807, 2.05) is 61.5 Å². The molecule has 5 rings (SSSR count). The second kappa shape index (κ2) is 8.08. The SMILES string of the molecule is Cc1nn2c(=O)cc(-c3ccc([N+](=O)[O-])cc3)[nH]c2c1-c1ccc(Oc2ccccc2)cc1. The van der Waals surface area contributed by atoms with Crippen molar-refractivity contribution in [2.24, 2.45) is 0 Å². The van der Waals surface area contributed by atoms with Crippen LogP contribution < -0.4 is 10.3 Å². The lowest BCUT2D eigenvalue weighted by Gasteiger charge is -2.08. The Hall–Kier alpha value is -4.72. The van der Waals surface area contributed by atoms with Crippen molar-refractivity contribution in [1.82, 2.24) is 14.6 Å². The van der Waals surface area contributed by atoms with E-state index in [-0.39, 0.29) is 11.2 Å². The summed E-state index contributed by atoms with van der Waals surface area (Å²) < 4.78 is 7.19. The maximum atomic E-state index is 12.8. The number of aromatic amines is 1. The van der Waals surface area contributed by atoms with Gasteiger partial charge in [0.1, 0.15) is 17.1 Å². The lowest BCUT2D eigenvalue weighted by molar-refractivity contribution is -0.384. The van der Waals surface area contributed by atoms with Crippen LogP contribution in [0.1, 0.15) is 5.69 Å². The number of H-pyrrole nitrogens is 1. The van der Waals surface area contributed by atoms with Gasteiger partial charge < -0.3 is 9.72 Å². The molecule has 0 saturated carbocycles. The summed E-state index contributed by atoms with van der Waals surface area (Å²) >= 11 is 0. The fourth-order valence-corrected chi connectivity index (χ4v) is 3.73. The third kappa shape index (κ3) is 3.85. The molecular formula is C25H18N4O4. The number of benzene rings is 3. The molecule has 1 N–H and O–H groups in total. The van der Waals surface area contributed by atoms with E-state index < -0.39 is 4.92 Å². The summed E-state index contributed by atoms with van der Waals surface area (Å²) in [6.07, 6.45) is 0. The lowest BCUT2D eigenvalue weighted by Crippen LogP contribution is -2.14. The number of para-hydroxylation sites is 1. The van der Waals surface area contributed by atoms with E-state index in [0.29, 0.717) is 28.3 Å². The molecule has 8 nitrogen and oxygen atoms in total. The summed E-state index contributed by atoms with van der Waals surface area (Å²) in [6, 6.07) is 24.5. The molecule has 0 aliphatic carbocycles. The van der Waals surface area contributed by atoms with E-state index in [2.05, 4.69) is 10.1 Å². The Morgan fingerprint density at radius 3 is 2.21 bits per heavy atom. The van der Waals surface area contributed by atoms with Crippen LogP contribution in [0.3, 0.4) is 0 Å². The number of aryl methyl sites for hydroxylation is 1. The number of nitro groups is 1. The zero-order valence-electron chi connectivity index (χ0n) is 17.6. The van der Waals surface area contributed by atoms with Gasteiger partial charge in [-0.1, -0.05) is 30.3 Å². The van der Waals surface area contributed by atoms with E-state index in [9.17, 15) is 14.9 Å². The predicted molar refractivity (Wildman–Crippen MR) is 125 cm³/mol. The van der Waals surface area contributed by atoms with Crippen LogP contribution in [-0.4, -0.2) is 19.5 Å². The summed E-state index contributed by atoms with van der Waals surface area (Å²) in [5.74, 6) is 1.44. The normalized spacial score (nSPS) is 10.9. The Labute approximate surface area is 187 Å². The van der Waals surface area contributed by atoms with E-state index in [0.717, 1.165) is 16.9 Å². The molecule has 8 heteroatoms. The average molecular weight is 438 g/mol. The molecule has 0 unspecified atom stereocenters. The van der Waals surface area contributed by atoms with Gasteiger partial charge in [-0.2, -0.15) is 9.61 Å². The molecular weight excluding hydrogens is 420 g/mol. The fourth-order valence-electron chi connectivity index (χ4n) is 3.73. The van der Waals surface area contributed by atoms with Crippen molar-refractivity contribution in [1.29, 1.82) is 0 Å². The molecule has 0 bridgehead atoms. The minimum absolute atomic E-state index is 0.0131. The van der Waals surface area contributed by atoms with Crippen LogP contribution in [0, 0.1) is 17.0 Å². The second-order valence-corrected chi connectivity index (χ2v) is 7.49. The summed E-state index contributed by atoms with van der Waals surface area (Å²) in [5, 5.41) is 15.3. The number of nitro benzene ring substituents is 1. The average Bonchev–Trinajstić information content (AvgIpc) is 3.17. The Kier molecular flexibility index (Phi) is 4.95. The van der Waals surface area contributed by atoms with Crippen molar-refractivity contribution in [3.8, 4) is 33.9 Å². The first kappa shape index (κ1) is 20.2. The number of aromatic nitrogens is 3. The number of nitrogens with one attached hydrogen (secondary N) is 1. The maximum absolute atomic E-state index is 12.8. The minimum atomic E-state index is -0.459. The molecule has 33 heavy (non-hydrogen) atoms. The largest absolute Gasteiger partial charge is 0.457 e. The van der Waals surface area contributed by atoms with Gasteiger partial charge in [0.2, 0.25) is 0 Å². The van der Waals surface area contributed by atoms with Crippen LogP contribution in [0.5, 0.6) is 11.5 Å². The molecule has 0 radical (unpaired) electrons. The zero-order valence-corrected chi connectivity index (χ0v) is 17.6. The quantitative estimate of drug-likeness (QED) is 0.294. The smallest absolute Gasteiger partial charge is 0.274 e. The second-order valence-electron chi connectivity index (χ2n) is 7.49. The Morgan fingerprint density at radius 1 is 0.909 bits per heavy atom. The van der Waals surface area contributed by atoms with Gasteiger partial charge in [0.05, 0.1) is 16.3 Å². The highest BCUT2D eigenvalue weighted by atomic mass is 16.6. The van der Waals surface area contributed by atoms with Gasteiger partial charge in [-0.25, -0.2) is 0 Å². The summed E-state index contributed by atoms with van der Waals surface area (Å²) in [5.41, 5.74) is 3.81. The predicted octanol–water partition coefficient (Wildman–Crippen LogP) is 5.37. The molecule has 3 aromatic carbocycles. The van der Waals surface area contributed by atoms with E-state index in [1.54, 1.807) is 12.1 Å². The van der Waals surface area contributed by atoms with Gasteiger partial charge in [0.15, 0.2) is 0 Å². The number of nitrogens with zero attached hydrogens (tertiary/aromatic N) is 3. The number of hydrogen-bond donors (Lipinski definition) is 1. The van der Waals surface area contributed by atoms with Crippen molar-refractivity contribution < 1.29 is 9.66 Å². The maximum Gasteiger partial charge on any atom is 0.274 e. The number of non-ortho nitro benzene ring substituents is 1. The monoisotopic (exact) mass is 438 g/mol. The van der Waals surface area contributed by atoms with Crippen LogP contribution in [0.25, 0.3) is 28.0 Å². The van der Waals surface area contributed by atoms with Gasteiger partial charge in [0.25, 0.3) is 11.2 Å². The first-order valence-electron chi connectivity index (χ1n) is 10.2. The number of hydrogen-bond acceptors (Lipinski definition) is 5. The fraction of sp³-hybridized carbons (Fsp3) is 0.0400. The van der Waals surface area contributed by atoms with E-state index >= 15 is 0 Å². The van der Waals surface area contributed by atoms with Crippen LogP contribution in [0.2, 0.25) is 0 Å². The van der Waals surface area contributed by atoms with Gasteiger partial charge in [-0.05, 0) is 54.4 Å². The highest BCUT2D eigenvalue weighted by molar-refractivity contribution is 5.81. The van der Waals surface area contributed by atoms with Gasteiger partial charge in [-0.15, -0.1) is 0 Å². The van der Waals surface area contributed by atoms with Crippen molar-refractivity contribution >= 4 is 11.3 Å². The van der Waals surface area contributed by atoms with Crippen LogP contribution >= 0.6 is 0 Å². The van der Waals surface area contributed by atoms with Crippen LogP contribution in [-0.2, 0) is 0 Å². The molecule has 0 fully saturated rings. The van der Waals surface area contributed by atoms with Crippen molar-refractivity contribution in [2.75, 3.05) is 0 Å². The zero-order chi connectivity index (χ0) is 22.9. The molecule has 0 saturated heterocycles. The van der Waals surface area contributed by atoms with Gasteiger partial charge in [0, 0.05) is 23.8 Å². The molecule has 2 aromatic heterocycles. The number of rotatable bonds is 5. The third-order valence-electron chi connectivity index (χ3n) is 5.30. The Bertz CT molecular complexity index is 1520. The molecule has 0 amide bonds. The van der Waals surface area contributed by atoms with E-state index in [1.165, 1.54) is 22.7 Å². The van der Waals surface area contributed by atoms with Crippen molar-refractivity contribution in [3.05, 3.63) is 111 Å². The first-order chi connectivity index (χ1) is 16.0. The topological polar surface area (TPSA) is 103 Å². The van der Waals surface area contributed by atoms with Gasteiger partial charge in [-0.3, -0.25) is 14.9 Å². The molecule has 0 aliphatic rings. The standard InChI is InChI=1S/C25H18N4O4/c1-16-24(18-9-13-21(14-10-18)33-20-5-3-2-4-6-20)25-26-22(15-23(30)28(25)27-16)17-7-11-19(12-8-17)29(31)32/h2-15,26H,1H3. The Morgan fingerprint density at radius 2 is 1.55 bits per heavy atom. The van der Waals surface area contributed by atoms with Crippen molar-refractivity contribution in [2.45, 2.75) is 6.92 Å². The molecule has 0 spiro atoms. The Balaban J connectivity index is 1.55. The third-order valence-corrected chi connectivity index (χ3v) is 5.30. The van der Waals surface area contributed by atoms with E-state index in [4.69, 9.17) is 4.74 Å². The summed E-state index contributed by atoms with van der Waals surface area (Å²) in [6.45, 7) is 1.84. The highest BCUT2D eigenvalue weighted by Gasteiger charge is 2.16. The van der Waals surface area contributed by atoms with Crippen LogP contribution in [0.15, 0.2) is 89.7 Å².